The van der Waals surface area contributed by atoms with Gasteiger partial charge in [0, 0.05) is 0 Å². The van der Waals surface area contributed by atoms with Crippen molar-refractivity contribution in [3.63, 3.8) is 0 Å². The van der Waals surface area contributed by atoms with Gasteiger partial charge in [0.25, 0.3) is 0 Å². The smallest absolute Gasteiger partial charge is 1.00 e. The van der Waals surface area contributed by atoms with E-state index in [2.05, 4.69) is 80.8 Å². The van der Waals surface area contributed by atoms with Crippen LogP contribution in [0, 0.1) is 0 Å². The molecular formula is C22H16Cl2N6Zr. The molecule has 0 N–H and O–H groups in total. The van der Waals surface area contributed by atoms with Crippen LogP contribution in [0.3, 0.4) is 0 Å². The van der Waals surface area contributed by atoms with Crippen molar-refractivity contribution >= 4 is 23.5 Å². The number of fused-ring (bicyclic) bond motifs is 2. The summed E-state index contributed by atoms with van der Waals surface area (Å²) in [6.45, 7) is 0. The van der Waals surface area contributed by atoms with Gasteiger partial charge in [-0.1, -0.05) is 0 Å². The van der Waals surface area contributed by atoms with Crippen molar-refractivity contribution in [1.82, 2.24) is 29.5 Å². The first-order valence-electron chi connectivity index (χ1n) is 9.45. The van der Waals surface area contributed by atoms with E-state index < -0.39 is 23.2 Å². The molecule has 2 heterocycles. The molecule has 2 unspecified atom stereocenters. The van der Waals surface area contributed by atoms with E-state index >= 15 is 0 Å². The molecule has 0 saturated heterocycles. The summed E-state index contributed by atoms with van der Waals surface area (Å²) < 4.78 is 4.65. The molecule has 2 aliphatic carbocycles. The zero-order chi connectivity index (χ0) is 19.2. The summed E-state index contributed by atoms with van der Waals surface area (Å²) in [5.41, 5.74) is 7.87. The van der Waals surface area contributed by atoms with Crippen LogP contribution in [0.4, 0.5) is 0 Å². The second-order valence-corrected chi connectivity index (χ2v) is 10.8. The second-order valence-electron chi connectivity index (χ2n) is 7.11. The molecular weight excluding hydrogens is 510 g/mol. The van der Waals surface area contributed by atoms with Crippen molar-refractivity contribution in [3.8, 4) is 0 Å². The maximum Gasteiger partial charge on any atom is -1.00 e. The fraction of sp³-hybridized carbons (Fsp3) is 0.0909. The molecule has 6 rings (SSSR count). The monoisotopic (exact) mass is 524 g/mol. The van der Waals surface area contributed by atoms with Gasteiger partial charge < -0.3 is 24.8 Å². The van der Waals surface area contributed by atoms with Crippen molar-refractivity contribution in [2.24, 2.45) is 0 Å². The molecule has 0 aliphatic heterocycles. The number of rotatable bonds is 4. The molecule has 0 amide bonds. The van der Waals surface area contributed by atoms with Crippen LogP contribution in [0.5, 0.6) is 0 Å². The van der Waals surface area contributed by atoms with E-state index in [0.717, 1.165) is 0 Å². The van der Waals surface area contributed by atoms with Crippen molar-refractivity contribution in [3.05, 3.63) is 96.1 Å². The summed E-state index contributed by atoms with van der Waals surface area (Å²) in [4.78, 5) is 8.37. The molecule has 0 fully saturated rings. The third-order valence-electron chi connectivity index (χ3n) is 5.51. The molecule has 2 aromatic heterocycles. The van der Waals surface area contributed by atoms with Crippen LogP contribution in [-0.4, -0.2) is 29.5 Å². The van der Waals surface area contributed by atoms with Gasteiger partial charge in [-0.25, -0.2) is 0 Å². The number of aromatic nitrogens is 6. The fourth-order valence-corrected chi connectivity index (χ4v) is 9.11. The first-order chi connectivity index (χ1) is 14.4. The molecule has 9 heteroatoms. The van der Waals surface area contributed by atoms with Gasteiger partial charge >= 0.3 is 180 Å². The van der Waals surface area contributed by atoms with E-state index in [1.807, 2.05) is 9.36 Å². The van der Waals surface area contributed by atoms with Gasteiger partial charge in [-0.05, 0) is 0 Å². The summed E-state index contributed by atoms with van der Waals surface area (Å²) in [6, 6.07) is 17.4. The van der Waals surface area contributed by atoms with E-state index in [9.17, 15) is 0 Å². The second kappa shape index (κ2) is 9.03. The molecule has 0 radical (unpaired) electrons. The van der Waals surface area contributed by atoms with E-state index in [-0.39, 0.29) is 24.8 Å². The number of nitrogens with zero attached hydrogens (tertiary/aromatic N) is 6. The van der Waals surface area contributed by atoms with Crippen LogP contribution in [0.25, 0.3) is 23.5 Å². The Kier molecular flexibility index (Phi) is 6.37. The molecule has 6 nitrogen and oxygen atoms in total. The number of allylic oxidation sites excluding steroid dienone is 2. The Balaban J connectivity index is 0.00000116. The van der Waals surface area contributed by atoms with Crippen molar-refractivity contribution in [2.75, 3.05) is 0 Å². The Morgan fingerprint density at radius 3 is 1.52 bits per heavy atom. The van der Waals surface area contributed by atoms with Crippen LogP contribution in [0.1, 0.15) is 29.5 Å². The summed E-state index contributed by atoms with van der Waals surface area (Å²) in [5.74, 6) is 0. The Labute approximate surface area is 203 Å². The largest absolute Gasteiger partial charge is 1.00 e. The molecule has 0 spiro atoms. The maximum absolute atomic E-state index is 4.44. The maximum atomic E-state index is 4.44. The molecule has 2 aliphatic rings. The molecule has 2 atom stereocenters. The summed E-state index contributed by atoms with van der Waals surface area (Å²) in [7, 11) is 0. The van der Waals surface area contributed by atoms with Crippen molar-refractivity contribution in [2.45, 2.75) is 7.25 Å². The van der Waals surface area contributed by atoms with Gasteiger partial charge in [-0.2, -0.15) is 0 Å². The molecule has 0 saturated carbocycles. The third kappa shape index (κ3) is 3.75. The normalized spacial score (nSPS) is 18.1. The topological polar surface area (TPSA) is 61.4 Å². The number of hydrogen-bond acceptors (Lipinski definition) is 4. The minimum atomic E-state index is -1.07. The van der Waals surface area contributed by atoms with Crippen LogP contribution in [0.2, 0.25) is 0 Å². The minimum Gasteiger partial charge on any atom is -1.00 e. The average Bonchev–Trinajstić information content (AvgIpc) is 3.55. The molecule has 4 aromatic rings. The Bertz CT molecular complexity index is 1150. The van der Waals surface area contributed by atoms with Crippen LogP contribution >= 0.6 is 0 Å². The van der Waals surface area contributed by atoms with Gasteiger partial charge in [0.2, 0.25) is 0 Å². The van der Waals surface area contributed by atoms with E-state index in [0.29, 0.717) is 7.25 Å². The van der Waals surface area contributed by atoms with E-state index in [1.165, 1.54) is 33.6 Å². The number of hydrogen-bond donors (Lipinski definition) is 0. The summed E-state index contributed by atoms with van der Waals surface area (Å²) in [5, 5.41) is 8.88. The average molecular weight is 527 g/mol. The van der Waals surface area contributed by atoms with Crippen LogP contribution in [0.15, 0.2) is 73.8 Å². The van der Waals surface area contributed by atoms with Crippen LogP contribution in [-0.2, 0) is 23.2 Å². The first kappa shape index (κ1) is 21.9. The summed E-state index contributed by atoms with van der Waals surface area (Å²) >= 11 is -1.07. The number of benzene rings is 2. The molecule has 152 valence electrons. The predicted octanol–water partition coefficient (Wildman–Crippen LogP) is -2.23. The SMILES string of the molecule is C1=C(n2cncn2)[CH]([Zr+2][CH]2C(n3cncn3)=Cc3ccccc32)c2ccccc21.[Cl-].[Cl-]. The van der Waals surface area contributed by atoms with Gasteiger partial charge in [0.05, 0.1) is 0 Å². The van der Waals surface area contributed by atoms with Gasteiger partial charge in [-0.3, -0.25) is 0 Å². The Morgan fingerprint density at radius 2 is 1.10 bits per heavy atom. The van der Waals surface area contributed by atoms with Crippen molar-refractivity contribution < 1.29 is 48.0 Å². The Morgan fingerprint density at radius 1 is 0.645 bits per heavy atom. The van der Waals surface area contributed by atoms with E-state index in [1.54, 1.807) is 25.3 Å². The quantitative estimate of drug-likeness (QED) is 0.302. The van der Waals surface area contributed by atoms with Crippen LogP contribution < -0.4 is 24.8 Å². The fourth-order valence-electron chi connectivity index (χ4n) is 4.21. The first-order valence-corrected chi connectivity index (χ1v) is 12.3. The van der Waals surface area contributed by atoms with Gasteiger partial charge in [0.15, 0.2) is 0 Å². The van der Waals surface area contributed by atoms with Gasteiger partial charge in [-0.15, -0.1) is 0 Å². The standard InChI is InChI=1S/2C11H8N3.2ClH.Zr/c2*1-2-4-10-6-11(5-9(10)3-1)14-8-12-7-13-14;;;/h2*1-8H;2*1H;/q;;;;+2/p-2. The summed E-state index contributed by atoms with van der Waals surface area (Å²) in [6.07, 6.45) is 11.4. The van der Waals surface area contributed by atoms with Gasteiger partial charge in [0.1, 0.15) is 0 Å². The zero-order valence-electron chi connectivity index (χ0n) is 16.2. The predicted molar refractivity (Wildman–Crippen MR) is 107 cm³/mol. The number of halogens is 2. The zero-order valence-corrected chi connectivity index (χ0v) is 20.1. The third-order valence-corrected chi connectivity index (χ3v) is 10.1. The Hall–Kier alpha value is -2.34. The molecule has 31 heavy (non-hydrogen) atoms. The van der Waals surface area contributed by atoms with Crippen molar-refractivity contribution in [1.29, 1.82) is 0 Å². The molecule has 2 aromatic carbocycles. The molecule has 0 bridgehead atoms. The van der Waals surface area contributed by atoms with E-state index in [4.69, 9.17) is 0 Å². The minimum absolute atomic E-state index is 0.